The van der Waals surface area contributed by atoms with Crippen molar-refractivity contribution in [1.29, 1.82) is 0 Å². The molecule has 0 spiro atoms. The molecule has 1 aromatic rings. The summed E-state index contributed by atoms with van der Waals surface area (Å²) in [6.45, 7) is 0.924. The van der Waals surface area contributed by atoms with Crippen LogP contribution in [0.1, 0.15) is 31.0 Å². The molecule has 1 aliphatic heterocycles. The largest absolute Gasteiger partial charge is 0.311 e. The number of piperidine rings is 1. The number of nitrogens with zero attached hydrogens (tertiary/aromatic N) is 3. The first-order chi connectivity index (χ1) is 7.20. The van der Waals surface area contributed by atoms with Crippen molar-refractivity contribution in [2.45, 2.75) is 25.3 Å². The van der Waals surface area contributed by atoms with Gasteiger partial charge in [-0.3, -0.25) is 14.8 Å². The molecule has 2 heterocycles. The number of nitro groups is 1. The Kier molecular flexibility index (Phi) is 2.68. The van der Waals surface area contributed by atoms with Crippen molar-refractivity contribution in [3.05, 3.63) is 22.0 Å². The molecule has 0 aliphatic carbocycles. The van der Waals surface area contributed by atoms with Crippen LogP contribution in [0, 0.1) is 10.1 Å². The average Bonchev–Trinajstić information content (AvgIpc) is 2.61. The van der Waals surface area contributed by atoms with E-state index in [1.165, 1.54) is 6.20 Å². The van der Waals surface area contributed by atoms with E-state index in [1.807, 2.05) is 0 Å². The molecule has 1 saturated heterocycles. The van der Waals surface area contributed by atoms with Gasteiger partial charge in [0, 0.05) is 7.05 Å². The first-order valence-corrected chi connectivity index (χ1v) is 5.10. The van der Waals surface area contributed by atoms with Crippen molar-refractivity contribution in [3.8, 4) is 0 Å². The minimum absolute atomic E-state index is 0.0756. The minimum Gasteiger partial charge on any atom is -0.308 e. The Labute approximate surface area is 87.4 Å². The van der Waals surface area contributed by atoms with E-state index in [2.05, 4.69) is 10.4 Å². The molecule has 0 amide bonds. The third-order valence-electron chi connectivity index (χ3n) is 2.80. The zero-order valence-corrected chi connectivity index (χ0v) is 8.64. The molecule has 0 radical (unpaired) electrons. The lowest BCUT2D eigenvalue weighted by molar-refractivity contribution is -0.385. The first-order valence-electron chi connectivity index (χ1n) is 5.10. The number of aryl methyl sites for hydroxylation is 1. The molecule has 1 atom stereocenters. The van der Waals surface area contributed by atoms with Crippen LogP contribution in [0.4, 0.5) is 5.69 Å². The standard InChI is InChI=1S/C9H14N4O2/c1-12-9(7-4-2-3-5-10-7)8(6-11-12)13(14)15/h6-7,10H,2-5H2,1H3. The van der Waals surface area contributed by atoms with Gasteiger partial charge in [0.15, 0.2) is 0 Å². The summed E-state index contributed by atoms with van der Waals surface area (Å²) in [5, 5.41) is 18.0. The Morgan fingerprint density at radius 3 is 3.07 bits per heavy atom. The number of nitrogens with one attached hydrogen (secondary N) is 1. The summed E-state index contributed by atoms with van der Waals surface area (Å²) in [5.74, 6) is 0. The molecule has 82 valence electrons. The monoisotopic (exact) mass is 210 g/mol. The first kappa shape index (κ1) is 10.1. The van der Waals surface area contributed by atoms with Gasteiger partial charge in [-0.15, -0.1) is 0 Å². The molecule has 0 aromatic carbocycles. The molecular formula is C9H14N4O2. The molecule has 1 fully saturated rings. The van der Waals surface area contributed by atoms with Gasteiger partial charge < -0.3 is 5.32 Å². The normalized spacial score (nSPS) is 21.5. The molecular weight excluding hydrogens is 196 g/mol. The molecule has 6 nitrogen and oxygen atoms in total. The third kappa shape index (κ3) is 1.85. The van der Waals surface area contributed by atoms with E-state index in [1.54, 1.807) is 11.7 Å². The zero-order chi connectivity index (χ0) is 10.8. The maximum absolute atomic E-state index is 10.8. The molecule has 15 heavy (non-hydrogen) atoms. The van der Waals surface area contributed by atoms with Crippen molar-refractivity contribution in [2.75, 3.05) is 6.54 Å². The van der Waals surface area contributed by atoms with E-state index < -0.39 is 0 Å². The third-order valence-corrected chi connectivity index (χ3v) is 2.80. The summed E-state index contributed by atoms with van der Waals surface area (Å²) in [6, 6.07) is 0.0756. The van der Waals surface area contributed by atoms with E-state index in [-0.39, 0.29) is 16.7 Å². The topological polar surface area (TPSA) is 73.0 Å². The summed E-state index contributed by atoms with van der Waals surface area (Å²) in [4.78, 5) is 10.4. The van der Waals surface area contributed by atoms with E-state index in [0.717, 1.165) is 25.8 Å². The predicted octanol–water partition coefficient (Wildman–Crippen LogP) is 1.14. The minimum atomic E-state index is -0.362. The highest BCUT2D eigenvalue weighted by atomic mass is 16.6. The SMILES string of the molecule is Cn1ncc([N+](=O)[O-])c1C1CCCCN1. The molecule has 1 aromatic heterocycles. The molecule has 1 N–H and O–H groups in total. The Morgan fingerprint density at radius 2 is 2.47 bits per heavy atom. The number of hydrogen-bond donors (Lipinski definition) is 1. The van der Waals surface area contributed by atoms with Gasteiger partial charge in [-0.25, -0.2) is 0 Å². The molecule has 2 rings (SSSR count). The van der Waals surface area contributed by atoms with E-state index in [4.69, 9.17) is 0 Å². The summed E-state index contributed by atoms with van der Waals surface area (Å²) < 4.78 is 1.60. The zero-order valence-electron chi connectivity index (χ0n) is 8.64. The Hall–Kier alpha value is -1.43. The maximum atomic E-state index is 10.8. The van der Waals surface area contributed by atoms with Gasteiger partial charge in [0.05, 0.1) is 11.0 Å². The summed E-state index contributed by atoms with van der Waals surface area (Å²) in [7, 11) is 1.75. The molecule has 1 unspecified atom stereocenters. The van der Waals surface area contributed by atoms with Gasteiger partial charge in [0.25, 0.3) is 0 Å². The highest BCUT2D eigenvalue weighted by Gasteiger charge is 2.27. The van der Waals surface area contributed by atoms with Crippen molar-refractivity contribution in [3.63, 3.8) is 0 Å². The number of rotatable bonds is 2. The van der Waals surface area contributed by atoms with E-state index in [0.29, 0.717) is 5.69 Å². The predicted molar refractivity (Wildman–Crippen MR) is 54.5 cm³/mol. The lowest BCUT2D eigenvalue weighted by atomic mass is 10.0. The fourth-order valence-corrected chi connectivity index (χ4v) is 2.07. The Morgan fingerprint density at radius 1 is 1.67 bits per heavy atom. The van der Waals surface area contributed by atoms with Crippen LogP contribution in [0.5, 0.6) is 0 Å². The fourth-order valence-electron chi connectivity index (χ4n) is 2.07. The Balaban J connectivity index is 2.32. The quantitative estimate of drug-likeness (QED) is 0.587. The summed E-state index contributed by atoms with van der Waals surface area (Å²) in [6.07, 6.45) is 4.52. The summed E-state index contributed by atoms with van der Waals surface area (Å²) >= 11 is 0. The average molecular weight is 210 g/mol. The van der Waals surface area contributed by atoms with Crippen LogP contribution in [-0.4, -0.2) is 21.2 Å². The van der Waals surface area contributed by atoms with Gasteiger partial charge in [0.2, 0.25) is 0 Å². The fraction of sp³-hybridized carbons (Fsp3) is 0.667. The van der Waals surface area contributed by atoms with Crippen molar-refractivity contribution in [2.24, 2.45) is 7.05 Å². The van der Waals surface area contributed by atoms with Crippen LogP contribution in [0.15, 0.2) is 6.20 Å². The molecule has 0 saturated carbocycles. The van der Waals surface area contributed by atoms with Crippen LogP contribution in [0.25, 0.3) is 0 Å². The van der Waals surface area contributed by atoms with Crippen LogP contribution in [0.3, 0.4) is 0 Å². The highest BCUT2D eigenvalue weighted by Crippen LogP contribution is 2.29. The molecule has 6 heteroatoms. The van der Waals surface area contributed by atoms with Gasteiger partial charge >= 0.3 is 5.69 Å². The molecule has 0 bridgehead atoms. The van der Waals surface area contributed by atoms with Crippen LogP contribution < -0.4 is 5.32 Å². The second-order valence-corrected chi connectivity index (χ2v) is 3.80. The van der Waals surface area contributed by atoms with Crippen molar-refractivity contribution >= 4 is 5.69 Å². The molecule has 1 aliphatic rings. The maximum Gasteiger partial charge on any atom is 0.311 e. The van der Waals surface area contributed by atoms with E-state index >= 15 is 0 Å². The number of aromatic nitrogens is 2. The van der Waals surface area contributed by atoms with Crippen LogP contribution >= 0.6 is 0 Å². The van der Waals surface area contributed by atoms with E-state index in [9.17, 15) is 10.1 Å². The van der Waals surface area contributed by atoms with Crippen LogP contribution in [-0.2, 0) is 7.05 Å². The smallest absolute Gasteiger partial charge is 0.308 e. The second kappa shape index (κ2) is 3.98. The van der Waals surface area contributed by atoms with Gasteiger partial charge in [-0.2, -0.15) is 5.10 Å². The van der Waals surface area contributed by atoms with Gasteiger partial charge in [-0.1, -0.05) is 6.42 Å². The lowest BCUT2D eigenvalue weighted by Crippen LogP contribution is -2.28. The summed E-state index contributed by atoms with van der Waals surface area (Å²) in [5.41, 5.74) is 0.816. The van der Waals surface area contributed by atoms with Crippen molar-refractivity contribution < 1.29 is 4.92 Å². The van der Waals surface area contributed by atoms with Crippen molar-refractivity contribution in [1.82, 2.24) is 15.1 Å². The van der Waals surface area contributed by atoms with Crippen LogP contribution in [0.2, 0.25) is 0 Å². The van der Waals surface area contributed by atoms with Gasteiger partial charge in [0.1, 0.15) is 11.9 Å². The highest BCUT2D eigenvalue weighted by molar-refractivity contribution is 5.35. The second-order valence-electron chi connectivity index (χ2n) is 3.80. The Bertz CT molecular complexity index is 368. The van der Waals surface area contributed by atoms with Gasteiger partial charge in [-0.05, 0) is 19.4 Å². The lowest BCUT2D eigenvalue weighted by Gasteiger charge is -2.22. The number of hydrogen-bond acceptors (Lipinski definition) is 4.